The van der Waals surface area contributed by atoms with Crippen molar-refractivity contribution in [3.8, 4) is 0 Å². The van der Waals surface area contributed by atoms with Gasteiger partial charge in [0, 0.05) is 6.42 Å². The minimum atomic E-state index is -1.51. The molecule has 0 fully saturated rings. The predicted octanol–water partition coefficient (Wildman–Crippen LogP) is 2.43. The molecule has 148 valence electrons. The molecule has 0 heterocycles. The third-order valence-electron chi connectivity index (χ3n) is 3.34. The van der Waals surface area contributed by atoms with Crippen molar-refractivity contribution in [3.05, 3.63) is 35.9 Å². The van der Waals surface area contributed by atoms with Gasteiger partial charge in [0.1, 0.15) is 24.0 Å². The third-order valence-corrected chi connectivity index (χ3v) is 3.96. The fraction of sp³-hybridized carbons (Fsp3) is 0.444. The summed E-state index contributed by atoms with van der Waals surface area (Å²) < 4.78 is 10.1. The SMILES string of the molecule is CC(C)(CC(=O)CBr)OC(=O)C[C@H](NC(=O)OCc1ccccc1)C(=O)O. The topological polar surface area (TPSA) is 119 Å². The second kappa shape index (κ2) is 10.7. The molecule has 0 aromatic heterocycles. The molecule has 0 bridgehead atoms. The highest BCUT2D eigenvalue weighted by Gasteiger charge is 2.30. The lowest BCUT2D eigenvalue weighted by Crippen LogP contribution is -2.43. The first-order valence-corrected chi connectivity index (χ1v) is 9.24. The number of Topliss-reactive ketones (excluding diaryl/α,β-unsaturated/α-hetero) is 1. The normalized spacial score (nSPS) is 12.0. The number of nitrogens with one attached hydrogen (secondary N) is 1. The molecule has 0 spiro atoms. The fourth-order valence-electron chi connectivity index (χ4n) is 2.18. The summed E-state index contributed by atoms with van der Waals surface area (Å²) in [5.41, 5.74) is -0.351. The van der Waals surface area contributed by atoms with E-state index in [1.165, 1.54) is 0 Å². The van der Waals surface area contributed by atoms with Gasteiger partial charge in [-0.3, -0.25) is 9.59 Å². The van der Waals surface area contributed by atoms with Crippen molar-refractivity contribution in [1.29, 1.82) is 0 Å². The molecule has 0 radical (unpaired) electrons. The van der Waals surface area contributed by atoms with Crippen LogP contribution in [-0.4, -0.2) is 45.9 Å². The van der Waals surface area contributed by atoms with Gasteiger partial charge in [0.2, 0.25) is 0 Å². The number of alkyl halides is 1. The molecule has 8 nitrogen and oxygen atoms in total. The molecule has 0 aliphatic carbocycles. The average molecular weight is 444 g/mol. The molecule has 27 heavy (non-hydrogen) atoms. The maximum Gasteiger partial charge on any atom is 0.408 e. The minimum absolute atomic E-state index is 0.0196. The number of rotatable bonds is 10. The van der Waals surface area contributed by atoms with Crippen LogP contribution in [0, 0.1) is 0 Å². The molecule has 0 aliphatic rings. The van der Waals surface area contributed by atoms with Crippen molar-refractivity contribution < 1.29 is 33.8 Å². The summed E-state index contributed by atoms with van der Waals surface area (Å²) in [5, 5.41) is 11.4. The lowest BCUT2D eigenvalue weighted by molar-refractivity contribution is -0.160. The number of amides is 1. The molecular weight excluding hydrogens is 422 g/mol. The highest BCUT2D eigenvalue weighted by molar-refractivity contribution is 9.09. The van der Waals surface area contributed by atoms with Crippen LogP contribution < -0.4 is 5.32 Å². The summed E-state index contributed by atoms with van der Waals surface area (Å²) in [6, 6.07) is 7.33. The van der Waals surface area contributed by atoms with Crippen LogP contribution in [0.2, 0.25) is 0 Å². The second-order valence-electron chi connectivity index (χ2n) is 6.38. The second-order valence-corrected chi connectivity index (χ2v) is 6.94. The van der Waals surface area contributed by atoms with Gasteiger partial charge in [-0.15, -0.1) is 0 Å². The summed E-state index contributed by atoms with van der Waals surface area (Å²) >= 11 is 3.02. The molecule has 1 aromatic rings. The number of hydrogen-bond donors (Lipinski definition) is 2. The molecule has 0 aliphatic heterocycles. The Morgan fingerprint density at radius 2 is 1.81 bits per heavy atom. The van der Waals surface area contributed by atoms with Crippen molar-refractivity contribution >= 4 is 39.7 Å². The smallest absolute Gasteiger partial charge is 0.408 e. The first-order valence-electron chi connectivity index (χ1n) is 8.12. The molecule has 1 rings (SSSR count). The van der Waals surface area contributed by atoms with E-state index in [1.54, 1.807) is 38.1 Å². The number of alkyl carbamates (subject to hydrolysis) is 1. The molecular formula is C18H22BrNO7. The van der Waals surface area contributed by atoms with Gasteiger partial charge in [-0.2, -0.15) is 0 Å². The van der Waals surface area contributed by atoms with Crippen molar-refractivity contribution in [2.75, 3.05) is 5.33 Å². The molecule has 9 heteroatoms. The van der Waals surface area contributed by atoms with Crippen molar-refractivity contribution in [1.82, 2.24) is 5.32 Å². The molecule has 0 saturated carbocycles. The third kappa shape index (κ3) is 9.18. The number of hydrogen-bond acceptors (Lipinski definition) is 6. The van der Waals surface area contributed by atoms with Gasteiger partial charge in [0.05, 0.1) is 11.8 Å². The van der Waals surface area contributed by atoms with Crippen LogP contribution in [0.25, 0.3) is 0 Å². The molecule has 1 aromatic carbocycles. The highest BCUT2D eigenvalue weighted by Crippen LogP contribution is 2.17. The van der Waals surface area contributed by atoms with Crippen LogP contribution in [-0.2, 0) is 30.5 Å². The quantitative estimate of drug-likeness (QED) is 0.420. The summed E-state index contributed by atoms with van der Waals surface area (Å²) in [5.74, 6) is -2.42. The van der Waals surface area contributed by atoms with Gasteiger partial charge in [-0.05, 0) is 19.4 Å². The van der Waals surface area contributed by atoms with Gasteiger partial charge in [-0.25, -0.2) is 9.59 Å². The summed E-state index contributed by atoms with van der Waals surface area (Å²) in [7, 11) is 0. The van der Waals surface area contributed by atoms with Crippen LogP contribution in [0.1, 0.15) is 32.3 Å². The van der Waals surface area contributed by atoms with Gasteiger partial charge >= 0.3 is 18.0 Å². The number of benzene rings is 1. The molecule has 0 saturated heterocycles. The zero-order valence-corrected chi connectivity index (χ0v) is 16.7. The monoisotopic (exact) mass is 443 g/mol. The maximum absolute atomic E-state index is 12.0. The first-order chi connectivity index (χ1) is 12.6. The van der Waals surface area contributed by atoms with E-state index in [0.29, 0.717) is 0 Å². The van der Waals surface area contributed by atoms with E-state index in [1.807, 2.05) is 6.07 Å². The van der Waals surface area contributed by atoms with Crippen LogP contribution in [0.15, 0.2) is 30.3 Å². The number of carbonyl (C=O) groups is 4. The van der Waals surface area contributed by atoms with E-state index in [0.717, 1.165) is 5.56 Å². The van der Waals surface area contributed by atoms with E-state index >= 15 is 0 Å². The van der Waals surface area contributed by atoms with Crippen LogP contribution >= 0.6 is 15.9 Å². The van der Waals surface area contributed by atoms with Crippen molar-refractivity contribution in [2.24, 2.45) is 0 Å². The number of carboxylic acids is 1. The largest absolute Gasteiger partial charge is 0.480 e. The standard InChI is InChI=1S/C18H22BrNO7/c1-18(2,9-13(21)10-19)27-15(22)8-14(16(23)24)20-17(25)26-11-12-6-4-3-5-7-12/h3-7,14H,8-11H2,1-2H3,(H,20,25)(H,23,24)/t14-/m0/s1. The van der Waals surface area contributed by atoms with Gasteiger partial charge in [0.25, 0.3) is 0 Å². The number of esters is 1. The van der Waals surface area contributed by atoms with Crippen LogP contribution in [0.5, 0.6) is 0 Å². The Kier molecular flexibility index (Phi) is 8.93. The van der Waals surface area contributed by atoms with Gasteiger partial charge < -0.3 is 19.9 Å². The summed E-state index contributed by atoms with van der Waals surface area (Å²) in [6.07, 6.45) is -1.58. The Bertz CT molecular complexity index is 676. The first kappa shape index (κ1) is 22.6. The average Bonchev–Trinajstić information content (AvgIpc) is 2.59. The number of carbonyl (C=O) groups excluding carboxylic acids is 3. The highest BCUT2D eigenvalue weighted by atomic mass is 79.9. The number of halogens is 1. The van der Waals surface area contributed by atoms with Crippen LogP contribution in [0.3, 0.4) is 0 Å². The van der Waals surface area contributed by atoms with E-state index in [2.05, 4.69) is 21.2 Å². The molecule has 1 atom stereocenters. The van der Waals surface area contributed by atoms with E-state index in [-0.39, 0.29) is 24.1 Å². The number of ketones is 1. The Morgan fingerprint density at radius 1 is 1.19 bits per heavy atom. The zero-order valence-electron chi connectivity index (χ0n) is 15.1. The van der Waals surface area contributed by atoms with Crippen molar-refractivity contribution in [2.45, 2.75) is 44.9 Å². The molecule has 1 amide bonds. The molecule has 2 N–H and O–H groups in total. The minimum Gasteiger partial charge on any atom is -0.480 e. The lowest BCUT2D eigenvalue weighted by Gasteiger charge is -2.25. The van der Waals surface area contributed by atoms with Crippen LogP contribution in [0.4, 0.5) is 4.79 Å². The van der Waals surface area contributed by atoms with Crippen molar-refractivity contribution in [3.63, 3.8) is 0 Å². The van der Waals surface area contributed by atoms with E-state index < -0.39 is 36.1 Å². The summed E-state index contributed by atoms with van der Waals surface area (Å²) in [6.45, 7) is 3.05. The van der Waals surface area contributed by atoms with Gasteiger partial charge in [-0.1, -0.05) is 46.3 Å². The zero-order chi connectivity index (χ0) is 20.4. The van der Waals surface area contributed by atoms with Gasteiger partial charge in [0.15, 0.2) is 0 Å². The fourth-order valence-corrected chi connectivity index (χ4v) is 2.38. The Hall–Kier alpha value is -2.42. The number of carboxylic acid groups (broad SMARTS) is 1. The van der Waals surface area contributed by atoms with E-state index in [9.17, 15) is 24.3 Å². The number of aliphatic carboxylic acids is 1. The maximum atomic E-state index is 12.0. The Balaban J connectivity index is 2.55. The van der Waals surface area contributed by atoms with E-state index in [4.69, 9.17) is 9.47 Å². The Labute approximate surface area is 165 Å². The Morgan fingerprint density at radius 3 is 2.37 bits per heavy atom. The summed E-state index contributed by atoms with van der Waals surface area (Å²) in [4.78, 5) is 46.6. The molecule has 0 unspecified atom stereocenters. The number of ether oxygens (including phenoxy) is 2. The lowest BCUT2D eigenvalue weighted by atomic mass is 10.0. The predicted molar refractivity (Wildman–Crippen MR) is 99.4 cm³/mol.